The van der Waals surface area contributed by atoms with Crippen LogP contribution in [0.25, 0.3) is 0 Å². The first-order chi connectivity index (χ1) is 8.33. The molecule has 0 bridgehead atoms. The molecule has 1 heterocycles. The molecular formula is C14H28ClNO2. The Morgan fingerprint density at radius 2 is 1.83 bits per heavy atom. The summed E-state index contributed by atoms with van der Waals surface area (Å²) in [5.41, 5.74) is 0. The summed E-state index contributed by atoms with van der Waals surface area (Å²) in [6, 6.07) is 0. The van der Waals surface area contributed by atoms with Crippen LogP contribution in [0.2, 0.25) is 0 Å². The number of carbonyl (C=O) groups is 1. The van der Waals surface area contributed by atoms with Gasteiger partial charge in [0.1, 0.15) is 0 Å². The number of hydrogen-bond donors (Lipinski definition) is 1. The zero-order valence-electron chi connectivity index (χ0n) is 11.6. The van der Waals surface area contributed by atoms with Crippen LogP contribution < -0.4 is 5.32 Å². The molecule has 0 aromatic carbocycles. The minimum Gasteiger partial charge on any atom is -0.466 e. The van der Waals surface area contributed by atoms with Gasteiger partial charge in [0.25, 0.3) is 0 Å². The lowest BCUT2D eigenvalue weighted by atomic mass is 9.92. The molecule has 1 N–H and O–H groups in total. The van der Waals surface area contributed by atoms with Crippen molar-refractivity contribution in [3.63, 3.8) is 0 Å². The van der Waals surface area contributed by atoms with E-state index in [9.17, 15) is 4.79 Å². The standard InChI is InChI=1S/C14H27NO2.ClH/c1-2-17-14(16)8-6-4-3-5-7-13-9-11-15-12-10-13;/h13,15H,2-12H2,1H3;1H. The first-order valence-corrected chi connectivity index (χ1v) is 7.19. The lowest BCUT2D eigenvalue weighted by molar-refractivity contribution is -0.143. The largest absolute Gasteiger partial charge is 0.466 e. The highest BCUT2D eigenvalue weighted by atomic mass is 35.5. The van der Waals surface area contributed by atoms with E-state index in [0.717, 1.165) is 12.3 Å². The fourth-order valence-electron chi connectivity index (χ4n) is 2.46. The summed E-state index contributed by atoms with van der Waals surface area (Å²) in [5.74, 6) is 0.909. The van der Waals surface area contributed by atoms with Crippen LogP contribution in [-0.4, -0.2) is 25.7 Å². The van der Waals surface area contributed by atoms with E-state index in [1.54, 1.807) is 0 Å². The van der Waals surface area contributed by atoms with Crippen LogP contribution in [0.5, 0.6) is 0 Å². The Morgan fingerprint density at radius 1 is 1.17 bits per heavy atom. The first-order valence-electron chi connectivity index (χ1n) is 7.19. The number of carbonyl (C=O) groups excluding carboxylic acids is 1. The van der Waals surface area contributed by atoms with Gasteiger partial charge in [-0.1, -0.05) is 25.7 Å². The highest BCUT2D eigenvalue weighted by Gasteiger charge is 2.11. The second-order valence-corrected chi connectivity index (χ2v) is 4.95. The van der Waals surface area contributed by atoms with Crippen molar-refractivity contribution in [2.75, 3.05) is 19.7 Å². The van der Waals surface area contributed by atoms with Crippen LogP contribution >= 0.6 is 12.4 Å². The van der Waals surface area contributed by atoms with Crippen molar-refractivity contribution in [3.05, 3.63) is 0 Å². The Labute approximate surface area is 117 Å². The first kappa shape index (κ1) is 17.7. The van der Waals surface area contributed by atoms with E-state index in [0.29, 0.717) is 13.0 Å². The Bertz CT molecular complexity index is 206. The van der Waals surface area contributed by atoms with Crippen molar-refractivity contribution >= 4 is 18.4 Å². The summed E-state index contributed by atoms with van der Waals surface area (Å²) in [6.07, 6.45) is 9.43. The molecule has 1 aliphatic rings. The van der Waals surface area contributed by atoms with Crippen molar-refractivity contribution in [2.45, 2.75) is 58.3 Å². The molecule has 0 aromatic rings. The van der Waals surface area contributed by atoms with Crippen molar-refractivity contribution < 1.29 is 9.53 Å². The van der Waals surface area contributed by atoms with Gasteiger partial charge in [0.2, 0.25) is 0 Å². The molecule has 108 valence electrons. The molecule has 0 atom stereocenters. The summed E-state index contributed by atoms with van der Waals surface area (Å²) in [4.78, 5) is 11.1. The Kier molecular flexibility index (Phi) is 11.6. The molecule has 0 amide bonds. The van der Waals surface area contributed by atoms with Gasteiger partial charge < -0.3 is 10.1 Å². The van der Waals surface area contributed by atoms with Crippen molar-refractivity contribution in [1.29, 1.82) is 0 Å². The quantitative estimate of drug-likeness (QED) is 0.546. The molecule has 0 radical (unpaired) electrons. The molecule has 1 aliphatic heterocycles. The third-order valence-corrected chi connectivity index (χ3v) is 3.51. The number of ether oxygens (including phenoxy) is 1. The maximum Gasteiger partial charge on any atom is 0.305 e. The van der Waals surface area contributed by atoms with Crippen LogP contribution in [0, 0.1) is 5.92 Å². The molecular weight excluding hydrogens is 250 g/mol. The van der Waals surface area contributed by atoms with E-state index in [2.05, 4.69) is 5.32 Å². The van der Waals surface area contributed by atoms with Gasteiger partial charge in [-0.3, -0.25) is 4.79 Å². The minimum atomic E-state index is -0.0362. The van der Waals surface area contributed by atoms with E-state index < -0.39 is 0 Å². The van der Waals surface area contributed by atoms with Crippen LogP contribution in [-0.2, 0) is 9.53 Å². The number of halogens is 1. The lowest BCUT2D eigenvalue weighted by Crippen LogP contribution is -2.27. The van der Waals surface area contributed by atoms with E-state index in [4.69, 9.17) is 4.74 Å². The molecule has 3 nitrogen and oxygen atoms in total. The number of rotatable bonds is 8. The zero-order chi connectivity index (χ0) is 12.3. The average molecular weight is 278 g/mol. The Hall–Kier alpha value is -0.280. The number of unbranched alkanes of at least 4 members (excludes halogenated alkanes) is 3. The predicted molar refractivity (Wildman–Crippen MR) is 77.2 cm³/mol. The second-order valence-electron chi connectivity index (χ2n) is 4.95. The fraction of sp³-hybridized carbons (Fsp3) is 0.929. The van der Waals surface area contributed by atoms with Gasteiger partial charge >= 0.3 is 5.97 Å². The van der Waals surface area contributed by atoms with Gasteiger partial charge in [-0.2, -0.15) is 0 Å². The van der Waals surface area contributed by atoms with Crippen molar-refractivity contribution in [1.82, 2.24) is 5.32 Å². The zero-order valence-corrected chi connectivity index (χ0v) is 12.4. The molecule has 1 saturated heterocycles. The van der Waals surface area contributed by atoms with E-state index in [-0.39, 0.29) is 18.4 Å². The Morgan fingerprint density at radius 3 is 2.50 bits per heavy atom. The molecule has 0 saturated carbocycles. The number of piperidine rings is 1. The number of hydrogen-bond acceptors (Lipinski definition) is 3. The summed E-state index contributed by atoms with van der Waals surface area (Å²) in [6.45, 7) is 4.77. The molecule has 0 aliphatic carbocycles. The van der Waals surface area contributed by atoms with Gasteiger partial charge in [0.15, 0.2) is 0 Å². The lowest BCUT2D eigenvalue weighted by Gasteiger charge is -2.22. The topological polar surface area (TPSA) is 38.3 Å². The van der Waals surface area contributed by atoms with Crippen LogP contribution in [0.3, 0.4) is 0 Å². The molecule has 0 unspecified atom stereocenters. The Balaban J connectivity index is 0.00000289. The predicted octanol–water partition coefficient (Wildman–Crippen LogP) is 3.31. The molecule has 0 aromatic heterocycles. The fourth-order valence-corrected chi connectivity index (χ4v) is 2.46. The van der Waals surface area contributed by atoms with E-state index >= 15 is 0 Å². The summed E-state index contributed by atoms with van der Waals surface area (Å²) in [7, 11) is 0. The molecule has 0 spiro atoms. The van der Waals surface area contributed by atoms with Crippen molar-refractivity contribution in [2.24, 2.45) is 5.92 Å². The van der Waals surface area contributed by atoms with Crippen LogP contribution in [0.4, 0.5) is 0 Å². The average Bonchev–Trinajstić information content (AvgIpc) is 2.35. The van der Waals surface area contributed by atoms with Gasteiger partial charge in [0.05, 0.1) is 6.61 Å². The summed E-state index contributed by atoms with van der Waals surface area (Å²) >= 11 is 0. The maximum absolute atomic E-state index is 11.1. The van der Waals surface area contributed by atoms with Crippen LogP contribution in [0.1, 0.15) is 58.3 Å². The molecule has 1 rings (SSSR count). The van der Waals surface area contributed by atoms with Gasteiger partial charge in [0, 0.05) is 6.42 Å². The van der Waals surface area contributed by atoms with Crippen molar-refractivity contribution in [3.8, 4) is 0 Å². The third kappa shape index (κ3) is 8.76. The summed E-state index contributed by atoms with van der Waals surface area (Å²) in [5, 5.41) is 3.40. The number of nitrogens with one attached hydrogen (secondary N) is 1. The molecule has 4 heteroatoms. The summed E-state index contributed by atoms with van der Waals surface area (Å²) < 4.78 is 4.90. The van der Waals surface area contributed by atoms with Crippen LogP contribution in [0.15, 0.2) is 0 Å². The molecule has 18 heavy (non-hydrogen) atoms. The second kappa shape index (κ2) is 11.8. The minimum absolute atomic E-state index is 0. The van der Waals surface area contributed by atoms with E-state index in [1.165, 1.54) is 51.6 Å². The van der Waals surface area contributed by atoms with Gasteiger partial charge in [-0.05, 0) is 45.2 Å². The smallest absolute Gasteiger partial charge is 0.305 e. The highest BCUT2D eigenvalue weighted by Crippen LogP contribution is 2.19. The highest BCUT2D eigenvalue weighted by molar-refractivity contribution is 5.85. The van der Waals surface area contributed by atoms with Gasteiger partial charge in [-0.25, -0.2) is 0 Å². The van der Waals surface area contributed by atoms with Gasteiger partial charge in [-0.15, -0.1) is 12.4 Å². The SMILES string of the molecule is CCOC(=O)CCCCCCC1CCNCC1.Cl. The number of esters is 1. The molecule has 1 fully saturated rings. The van der Waals surface area contributed by atoms with E-state index in [1.807, 2.05) is 6.92 Å². The maximum atomic E-state index is 11.1. The third-order valence-electron chi connectivity index (χ3n) is 3.51. The monoisotopic (exact) mass is 277 g/mol. The normalized spacial score (nSPS) is 16.1.